The fourth-order valence-electron chi connectivity index (χ4n) is 4.26. The second kappa shape index (κ2) is 8.00. The predicted octanol–water partition coefficient (Wildman–Crippen LogP) is 6.25. The number of nitrogens with zero attached hydrogens (tertiary/aromatic N) is 5. The van der Waals surface area contributed by atoms with Crippen molar-refractivity contribution < 1.29 is 0 Å². The highest BCUT2D eigenvalue weighted by Gasteiger charge is 2.14. The summed E-state index contributed by atoms with van der Waals surface area (Å²) in [5.74, 6) is 1.37. The van der Waals surface area contributed by atoms with E-state index in [4.69, 9.17) is 0 Å². The number of nitrogens with one attached hydrogen (secondary N) is 2. The molecule has 0 spiro atoms. The smallest absolute Gasteiger partial charge is 0.222 e. The Kier molecular flexibility index (Phi) is 4.81. The number of benzene rings is 3. The largest absolute Gasteiger partial charge is 0.357 e. The monoisotopic (exact) mass is 463 g/mol. The van der Waals surface area contributed by atoms with Gasteiger partial charge in [0.15, 0.2) is 0 Å². The summed E-state index contributed by atoms with van der Waals surface area (Å²) in [6, 6.07) is 16.6. The van der Waals surface area contributed by atoms with Gasteiger partial charge in [-0.25, -0.2) is 24.9 Å². The fourth-order valence-corrected chi connectivity index (χ4v) is 5.07. The Labute approximate surface area is 200 Å². The normalized spacial score (nSPS) is 11.4. The molecule has 0 unspecified atom stereocenters. The van der Waals surface area contributed by atoms with Gasteiger partial charge in [0.05, 0.1) is 26.3 Å². The Morgan fingerprint density at radius 1 is 0.853 bits per heavy atom. The lowest BCUT2D eigenvalue weighted by Gasteiger charge is -2.14. The Balaban J connectivity index is 1.46. The van der Waals surface area contributed by atoms with Gasteiger partial charge < -0.3 is 10.6 Å². The SMILES string of the molecule is CNc1ncc2cc(-c3c(C)ccc4c(Nc5ccc6sc(C)nc6c5)ncnc34)ccc2n1. The van der Waals surface area contributed by atoms with E-state index in [0.29, 0.717) is 5.95 Å². The van der Waals surface area contributed by atoms with Crippen LogP contribution in [0.1, 0.15) is 10.6 Å². The molecule has 6 rings (SSSR count). The summed E-state index contributed by atoms with van der Waals surface area (Å²) in [6.07, 6.45) is 3.46. The van der Waals surface area contributed by atoms with Crippen LogP contribution in [-0.4, -0.2) is 32.0 Å². The molecule has 0 amide bonds. The molecule has 0 aliphatic rings. The van der Waals surface area contributed by atoms with Crippen LogP contribution in [0.15, 0.2) is 61.1 Å². The molecule has 166 valence electrons. The number of anilines is 3. The van der Waals surface area contributed by atoms with Gasteiger partial charge in [0.2, 0.25) is 5.95 Å². The average Bonchev–Trinajstić information content (AvgIpc) is 3.22. The van der Waals surface area contributed by atoms with Crippen molar-refractivity contribution in [3.05, 3.63) is 71.6 Å². The molecule has 0 atom stereocenters. The van der Waals surface area contributed by atoms with Gasteiger partial charge in [-0.05, 0) is 61.4 Å². The maximum absolute atomic E-state index is 4.68. The van der Waals surface area contributed by atoms with Crippen molar-refractivity contribution in [2.24, 2.45) is 0 Å². The van der Waals surface area contributed by atoms with E-state index in [1.807, 2.05) is 26.2 Å². The van der Waals surface area contributed by atoms with E-state index in [-0.39, 0.29) is 0 Å². The molecule has 0 bridgehead atoms. The molecule has 6 aromatic rings. The maximum atomic E-state index is 4.68. The van der Waals surface area contributed by atoms with Crippen LogP contribution >= 0.6 is 11.3 Å². The van der Waals surface area contributed by atoms with Gasteiger partial charge >= 0.3 is 0 Å². The van der Waals surface area contributed by atoms with E-state index in [2.05, 4.69) is 84.9 Å². The number of hydrogen-bond donors (Lipinski definition) is 2. The van der Waals surface area contributed by atoms with Gasteiger partial charge in [0.25, 0.3) is 0 Å². The highest BCUT2D eigenvalue weighted by atomic mass is 32.1. The first-order chi connectivity index (χ1) is 16.6. The van der Waals surface area contributed by atoms with E-state index in [0.717, 1.165) is 60.5 Å². The topological polar surface area (TPSA) is 88.5 Å². The van der Waals surface area contributed by atoms with Gasteiger partial charge in [0, 0.05) is 35.3 Å². The van der Waals surface area contributed by atoms with Crippen LogP contribution in [0.2, 0.25) is 0 Å². The molecule has 2 N–H and O–H groups in total. The van der Waals surface area contributed by atoms with Crippen molar-refractivity contribution in [3.63, 3.8) is 0 Å². The van der Waals surface area contributed by atoms with Crippen molar-refractivity contribution in [2.75, 3.05) is 17.7 Å². The quantitative estimate of drug-likeness (QED) is 0.319. The van der Waals surface area contributed by atoms with Gasteiger partial charge in [-0.2, -0.15) is 0 Å². The zero-order valence-corrected chi connectivity index (χ0v) is 19.7. The molecule has 0 aliphatic heterocycles. The highest BCUT2D eigenvalue weighted by molar-refractivity contribution is 7.18. The third kappa shape index (κ3) is 3.48. The number of hydrogen-bond acceptors (Lipinski definition) is 8. The molecule has 0 radical (unpaired) electrons. The molecule has 3 aromatic heterocycles. The summed E-state index contributed by atoms with van der Waals surface area (Å²) in [6.45, 7) is 4.13. The van der Waals surface area contributed by atoms with Crippen LogP contribution in [0.25, 0.3) is 43.1 Å². The van der Waals surface area contributed by atoms with Crippen LogP contribution in [0.4, 0.5) is 17.5 Å². The summed E-state index contributed by atoms with van der Waals surface area (Å²) in [5, 5.41) is 9.46. The minimum absolute atomic E-state index is 0.607. The number of thiazole rings is 1. The Morgan fingerprint density at radius 2 is 1.76 bits per heavy atom. The maximum Gasteiger partial charge on any atom is 0.222 e. The molecule has 0 saturated carbocycles. The number of fused-ring (bicyclic) bond motifs is 3. The summed E-state index contributed by atoms with van der Waals surface area (Å²) >= 11 is 1.70. The van der Waals surface area contributed by atoms with Gasteiger partial charge in [-0.1, -0.05) is 12.1 Å². The first kappa shape index (κ1) is 20.4. The first-order valence-corrected chi connectivity index (χ1v) is 11.7. The molecular formula is C26H21N7S. The summed E-state index contributed by atoms with van der Waals surface area (Å²) in [5.41, 5.74) is 7.02. The van der Waals surface area contributed by atoms with Crippen molar-refractivity contribution >= 4 is 60.8 Å². The molecule has 3 aromatic carbocycles. The second-order valence-corrected chi connectivity index (χ2v) is 9.37. The molecule has 0 saturated heterocycles. The van der Waals surface area contributed by atoms with E-state index in [1.54, 1.807) is 17.7 Å². The molecular weight excluding hydrogens is 442 g/mol. The molecule has 0 fully saturated rings. The van der Waals surface area contributed by atoms with Crippen LogP contribution < -0.4 is 10.6 Å². The molecule has 3 heterocycles. The number of aryl methyl sites for hydroxylation is 2. The van der Waals surface area contributed by atoms with Crippen LogP contribution in [-0.2, 0) is 0 Å². The summed E-state index contributed by atoms with van der Waals surface area (Å²) < 4.78 is 1.18. The Hall–Kier alpha value is -4.17. The molecule has 34 heavy (non-hydrogen) atoms. The van der Waals surface area contributed by atoms with E-state index in [1.165, 1.54) is 4.70 Å². The lowest BCUT2D eigenvalue weighted by atomic mass is 9.96. The van der Waals surface area contributed by atoms with Crippen molar-refractivity contribution in [3.8, 4) is 11.1 Å². The third-order valence-corrected chi connectivity index (χ3v) is 6.82. The van der Waals surface area contributed by atoms with E-state index in [9.17, 15) is 0 Å². The number of rotatable bonds is 4. The minimum atomic E-state index is 0.607. The first-order valence-electron chi connectivity index (χ1n) is 10.9. The summed E-state index contributed by atoms with van der Waals surface area (Å²) in [7, 11) is 1.82. The van der Waals surface area contributed by atoms with E-state index >= 15 is 0 Å². The fraction of sp³-hybridized carbons (Fsp3) is 0.115. The van der Waals surface area contributed by atoms with Crippen LogP contribution in [0.5, 0.6) is 0 Å². The highest BCUT2D eigenvalue weighted by Crippen LogP contribution is 2.35. The Bertz CT molecular complexity index is 1710. The Morgan fingerprint density at radius 3 is 2.65 bits per heavy atom. The second-order valence-electron chi connectivity index (χ2n) is 8.13. The minimum Gasteiger partial charge on any atom is -0.357 e. The zero-order valence-electron chi connectivity index (χ0n) is 18.9. The van der Waals surface area contributed by atoms with Crippen molar-refractivity contribution in [1.29, 1.82) is 0 Å². The lowest BCUT2D eigenvalue weighted by molar-refractivity contribution is 1.19. The number of aromatic nitrogens is 5. The van der Waals surface area contributed by atoms with Crippen molar-refractivity contribution in [2.45, 2.75) is 13.8 Å². The summed E-state index contributed by atoms with van der Waals surface area (Å²) in [4.78, 5) is 22.7. The van der Waals surface area contributed by atoms with Gasteiger partial charge in [0.1, 0.15) is 12.1 Å². The average molecular weight is 464 g/mol. The standard InChI is InChI=1S/C26H21N7S/c1-14-4-7-19-24(23(14)16-5-8-20-17(10-16)12-28-26(27-3)33-20)29-13-30-25(19)32-18-6-9-22-21(11-18)31-15(2)34-22/h4-13H,1-3H3,(H,27,28,33)(H,29,30,32). The molecule has 7 nitrogen and oxygen atoms in total. The van der Waals surface area contributed by atoms with Crippen LogP contribution in [0.3, 0.4) is 0 Å². The molecule has 8 heteroatoms. The lowest BCUT2D eigenvalue weighted by Crippen LogP contribution is -1.98. The predicted molar refractivity (Wildman–Crippen MR) is 140 cm³/mol. The van der Waals surface area contributed by atoms with Crippen molar-refractivity contribution in [1.82, 2.24) is 24.9 Å². The van der Waals surface area contributed by atoms with E-state index < -0.39 is 0 Å². The third-order valence-electron chi connectivity index (χ3n) is 5.86. The van der Waals surface area contributed by atoms with Gasteiger partial charge in [-0.15, -0.1) is 11.3 Å². The zero-order chi connectivity index (χ0) is 23.2. The molecule has 0 aliphatic carbocycles. The van der Waals surface area contributed by atoms with Gasteiger partial charge in [-0.3, -0.25) is 0 Å². The van der Waals surface area contributed by atoms with Crippen LogP contribution in [0, 0.1) is 13.8 Å².